The van der Waals surface area contributed by atoms with Crippen molar-refractivity contribution in [2.45, 2.75) is 70.3 Å². The molecule has 0 aromatic carbocycles. The monoisotopic (exact) mass is 322 g/mol. The number of halogens is 1. The van der Waals surface area contributed by atoms with Crippen LogP contribution in [-0.4, -0.2) is 22.4 Å². The predicted octanol–water partition coefficient (Wildman–Crippen LogP) is 4.10. The number of alkyl halides is 1. The van der Waals surface area contributed by atoms with Gasteiger partial charge in [0, 0.05) is 11.8 Å². The molecule has 0 saturated heterocycles. The topological polar surface area (TPSA) is 37.3 Å². The first kappa shape index (κ1) is 15.2. The summed E-state index contributed by atoms with van der Waals surface area (Å²) in [7, 11) is 0. The number of rotatable bonds is 0. The molecule has 122 valence electrons. The van der Waals surface area contributed by atoms with Crippen LogP contribution in [0.15, 0.2) is 11.6 Å². The van der Waals surface area contributed by atoms with Crippen LogP contribution in [0, 0.1) is 28.6 Å². The van der Waals surface area contributed by atoms with Crippen molar-refractivity contribution < 1.29 is 9.90 Å². The minimum Gasteiger partial charge on any atom is -0.392 e. The summed E-state index contributed by atoms with van der Waals surface area (Å²) < 4.78 is 0. The lowest BCUT2D eigenvalue weighted by Gasteiger charge is -2.58. The van der Waals surface area contributed by atoms with Gasteiger partial charge < -0.3 is 5.11 Å². The van der Waals surface area contributed by atoms with Gasteiger partial charge in [-0.25, -0.2) is 0 Å². The van der Waals surface area contributed by atoms with E-state index in [1.807, 2.05) is 6.08 Å². The van der Waals surface area contributed by atoms with Crippen LogP contribution in [0.4, 0.5) is 0 Å². The van der Waals surface area contributed by atoms with Crippen LogP contribution in [0.3, 0.4) is 0 Å². The van der Waals surface area contributed by atoms with Gasteiger partial charge in [-0.05, 0) is 73.2 Å². The van der Waals surface area contributed by atoms with E-state index in [1.165, 1.54) is 12.0 Å². The highest BCUT2D eigenvalue weighted by atomic mass is 35.5. The van der Waals surface area contributed by atoms with E-state index in [-0.39, 0.29) is 22.3 Å². The van der Waals surface area contributed by atoms with Gasteiger partial charge in [0.15, 0.2) is 5.78 Å². The Kier molecular flexibility index (Phi) is 3.34. The van der Waals surface area contributed by atoms with E-state index in [4.69, 9.17) is 11.6 Å². The lowest BCUT2D eigenvalue weighted by atomic mass is 9.47. The first-order valence-corrected chi connectivity index (χ1v) is 9.36. The molecule has 0 radical (unpaired) electrons. The number of carbonyl (C=O) groups is 1. The molecule has 4 rings (SSSR count). The second-order valence-electron chi connectivity index (χ2n) is 8.70. The van der Waals surface area contributed by atoms with E-state index < -0.39 is 0 Å². The summed E-state index contributed by atoms with van der Waals surface area (Å²) in [5.74, 6) is 2.02. The number of hydrogen-bond acceptors (Lipinski definition) is 2. The molecule has 0 heterocycles. The maximum atomic E-state index is 11.8. The van der Waals surface area contributed by atoms with Gasteiger partial charge in [0.2, 0.25) is 0 Å². The molecule has 4 aliphatic carbocycles. The molecule has 0 spiro atoms. The lowest BCUT2D eigenvalue weighted by molar-refractivity contribution is -0.117. The summed E-state index contributed by atoms with van der Waals surface area (Å²) >= 11 is 6.71. The molecule has 0 amide bonds. The molecule has 0 aromatic rings. The van der Waals surface area contributed by atoms with Gasteiger partial charge in [-0.15, -0.1) is 11.6 Å². The van der Waals surface area contributed by atoms with Crippen molar-refractivity contribution in [3.05, 3.63) is 11.6 Å². The van der Waals surface area contributed by atoms with Gasteiger partial charge in [0.1, 0.15) is 0 Å². The first-order valence-electron chi connectivity index (χ1n) is 8.92. The van der Waals surface area contributed by atoms with Crippen LogP contribution in [0.5, 0.6) is 0 Å². The molecule has 7 atom stereocenters. The van der Waals surface area contributed by atoms with E-state index in [0.29, 0.717) is 30.0 Å². The molecule has 3 fully saturated rings. The largest absolute Gasteiger partial charge is 0.392 e. The Balaban J connectivity index is 1.71. The third kappa shape index (κ3) is 1.86. The Morgan fingerprint density at radius 1 is 1.23 bits per heavy atom. The fourth-order valence-corrected chi connectivity index (χ4v) is 7.18. The fraction of sp³-hybridized carbons (Fsp3) is 0.842. The molecule has 3 saturated carbocycles. The summed E-state index contributed by atoms with van der Waals surface area (Å²) in [4.78, 5) is 11.8. The third-order valence-electron chi connectivity index (χ3n) is 7.86. The van der Waals surface area contributed by atoms with Gasteiger partial charge in [0.05, 0.1) is 6.10 Å². The number of hydrogen-bond donors (Lipinski definition) is 1. The summed E-state index contributed by atoms with van der Waals surface area (Å²) in [6.45, 7) is 4.65. The molecule has 1 N–H and O–H groups in total. The number of ketones is 1. The fourth-order valence-electron chi connectivity index (χ4n) is 6.54. The van der Waals surface area contributed by atoms with Crippen LogP contribution < -0.4 is 0 Å². The summed E-state index contributed by atoms with van der Waals surface area (Å²) in [6, 6.07) is 0. The maximum absolute atomic E-state index is 11.8. The van der Waals surface area contributed by atoms with Crippen molar-refractivity contribution in [1.82, 2.24) is 0 Å². The normalized spacial score (nSPS) is 54.3. The van der Waals surface area contributed by atoms with Crippen LogP contribution in [0.1, 0.15) is 58.8 Å². The van der Waals surface area contributed by atoms with Crippen LogP contribution in [-0.2, 0) is 4.79 Å². The van der Waals surface area contributed by atoms with E-state index in [1.54, 1.807) is 0 Å². The van der Waals surface area contributed by atoms with E-state index in [9.17, 15) is 9.90 Å². The Morgan fingerprint density at radius 3 is 2.77 bits per heavy atom. The van der Waals surface area contributed by atoms with Crippen LogP contribution >= 0.6 is 11.6 Å². The summed E-state index contributed by atoms with van der Waals surface area (Å²) in [5, 5.41) is 10.7. The Labute approximate surface area is 138 Å². The Morgan fingerprint density at radius 2 is 2.00 bits per heavy atom. The third-order valence-corrected chi connectivity index (χ3v) is 8.31. The van der Waals surface area contributed by atoms with E-state index >= 15 is 0 Å². The number of aliphatic hydroxyl groups is 1. The van der Waals surface area contributed by atoms with Gasteiger partial charge >= 0.3 is 0 Å². The smallest absolute Gasteiger partial charge is 0.155 e. The first-order chi connectivity index (χ1) is 10.4. The van der Waals surface area contributed by atoms with E-state index in [0.717, 1.165) is 32.1 Å². The standard InChI is InChI=1S/C19H27ClO2/c1-18-7-5-12(21)9-11(18)3-4-13-14(18)6-8-19(2)16(22)10-15(20)17(13)19/h9,13-17,22H,3-8,10H2,1-2H3/t13-,14+,15?,16+,17-,18+,19-/m1/s1. The number of fused-ring (bicyclic) bond motifs is 5. The molecule has 2 nitrogen and oxygen atoms in total. The molecular formula is C19H27ClO2. The average molecular weight is 323 g/mol. The highest BCUT2D eigenvalue weighted by Crippen LogP contribution is 2.65. The van der Waals surface area contributed by atoms with Crippen molar-refractivity contribution in [2.75, 3.05) is 0 Å². The average Bonchev–Trinajstić information content (AvgIpc) is 2.70. The Hall–Kier alpha value is -0.340. The van der Waals surface area contributed by atoms with Gasteiger partial charge in [-0.3, -0.25) is 4.79 Å². The van der Waals surface area contributed by atoms with Crippen molar-refractivity contribution >= 4 is 17.4 Å². The maximum Gasteiger partial charge on any atom is 0.155 e. The molecule has 22 heavy (non-hydrogen) atoms. The predicted molar refractivity (Wildman–Crippen MR) is 87.7 cm³/mol. The van der Waals surface area contributed by atoms with Crippen molar-refractivity contribution in [1.29, 1.82) is 0 Å². The molecular weight excluding hydrogens is 296 g/mol. The summed E-state index contributed by atoms with van der Waals surface area (Å²) in [6.07, 6.45) is 8.65. The minimum absolute atomic E-state index is 0.00957. The number of aliphatic hydroxyl groups excluding tert-OH is 1. The SMILES string of the molecule is C[C@]12CC[C@H]3[C@@H](CCC4=CC(=O)CC[C@@]43C)[C@@H]1C(Cl)C[C@@H]2O. The van der Waals surface area contributed by atoms with Crippen molar-refractivity contribution in [3.63, 3.8) is 0 Å². The van der Waals surface area contributed by atoms with Gasteiger partial charge in [-0.2, -0.15) is 0 Å². The zero-order valence-electron chi connectivity index (χ0n) is 13.6. The van der Waals surface area contributed by atoms with Crippen molar-refractivity contribution in [3.8, 4) is 0 Å². The zero-order chi connectivity index (χ0) is 15.7. The molecule has 4 aliphatic rings. The van der Waals surface area contributed by atoms with Gasteiger partial charge in [0.25, 0.3) is 0 Å². The van der Waals surface area contributed by atoms with Crippen molar-refractivity contribution in [2.24, 2.45) is 28.6 Å². The second-order valence-corrected chi connectivity index (χ2v) is 9.26. The Bertz CT molecular complexity index is 542. The highest BCUT2D eigenvalue weighted by molar-refractivity contribution is 6.21. The van der Waals surface area contributed by atoms with Crippen LogP contribution in [0.25, 0.3) is 0 Å². The quantitative estimate of drug-likeness (QED) is 0.682. The number of carbonyl (C=O) groups excluding carboxylic acids is 1. The lowest BCUT2D eigenvalue weighted by Crippen LogP contribution is -2.52. The van der Waals surface area contributed by atoms with Crippen LogP contribution in [0.2, 0.25) is 0 Å². The molecule has 3 heteroatoms. The molecule has 0 aliphatic heterocycles. The minimum atomic E-state index is -0.237. The zero-order valence-corrected chi connectivity index (χ0v) is 14.4. The molecule has 0 bridgehead atoms. The molecule has 0 aromatic heterocycles. The molecule has 1 unspecified atom stereocenters. The highest BCUT2D eigenvalue weighted by Gasteiger charge is 2.61. The van der Waals surface area contributed by atoms with Gasteiger partial charge in [-0.1, -0.05) is 19.4 Å². The number of allylic oxidation sites excluding steroid dienone is 1. The summed E-state index contributed by atoms with van der Waals surface area (Å²) in [5.41, 5.74) is 1.61. The second kappa shape index (κ2) is 4.83. The van der Waals surface area contributed by atoms with E-state index in [2.05, 4.69) is 13.8 Å².